The lowest BCUT2D eigenvalue weighted by molar-refractivity contribution is 0.177. The lowest BCUT2D eigenvalue weighted by Gasteiger charge is -2.40. The van der Waals surface area contributed by atoms with Crippen molar-refractivity contribution in [3.8, 4) is 5.75 Å². The van der Waals surface area contributed by atoms with Gasteiger partial charge in [0.25, 0.3) is 0 Å². The van der Waals surface area contributed by atoms with Crippen LogP contribution in [0.3, 0.4) is 0 Å². The molecular formula is C19H31NO. The molecule has 118 valence electrons. The third-order valence-corrected chi connectivity index (χ3v) is 4.79. The lowest BCUT2D eigenvalue weighted by Crippen LogP contribution is -2.36. The molecule has 2 heteroatoms. The summed E-state index contributed by atoms with van der Waals surface area (Å²) in [5.41, 5.74) is 1.69. The molecule has 1 aromatic carbocycles. The predicted molar refractivity (Wildman–Crippen MR) is 91.0 cm³/mol. The predicted octanol–water partition coefficient (Wildman–Crippen LogP) is 5.49. The molecule has 1 saturated carbocycles. The molecule has 1 aliphatic rings. The highest BCUT2D eigenvalue weighted by Crippen LogP contribution is 2.39. The average Bonchev–Trinajstić information content (AvgIpc) is 2.42. The van der Waals surface area contributed by atoms with Gasteiger partial charge >= 0.3 is 0 Å². The number of rotatable bonds is 5. The van der Waals surface area contributed by atoms with Crippen LogP contribution in [0, 0.1) is 11.3 Å². The van der Waals surface area contributed by atoms with Gasteiger partial charge in [-0.3, -0.25) is 0 Å². The standard InChI is InChI=1S/C19H31NO/c1-6-15(3)21-17-9-7-8-16(12-17)20-18-10-11-19(4,5)13-14(18)2/h7-9,12,14-15,18,20H,6,10-11,13H2,1-5H3. The monoisotopic (exact) mass is 289 g/mol. The maximum Gasteiger partial charge on any atom is 0.121 e. The van der Waals surface area contributed by atoms with Crippen molar-refractivity contribution in [3.63, 3.8) is 0 Å². The van der Waals surface area contributed by atoms with Gasteiger partial charge in [0.2, 0.25) is 0 Å². The zero-order chi connectivity index (χ0) is 15.5. The minimum absolute atomic E-state index is 0.273. The topological polar surface area (TPSA) is 21.3 Å². The highest BCUT2D eigenvalue weighted by molar-refractivity contribution is 5.49. The molecule has 0 saturated heterocycles. The molecule has 0 aromatic heterocycles. The van der Waals surface area contributed by atoms with Crippen molar-refractivity contribution in [1.82, 2.24) is 0 Å². The van der Waals surface area contributed by atoms with E-state index in [1.807, 2.05) is 6.07 Å². The molecular weight excluding hydrogens is 258 g/mol. The summed E-state index contributed by atoms with van der Waals surface area (Å²) in [5.74, 6) is 1.69. The van der Waals surface area contributed by atoms with E-state index in [-0.39, 0.29) is 6.10 Å². The van der Waals surface area contributed by atoms with Crippen molar-refractivity contribution in [2.24, 2.45) is 11.3 Å². The molecule has 1 aromatic rings. The van der Waals surface area contributed by atoms with Gasteiger partial charge in [-0.1, -0.05) is 33.8 Å². The van der Waals surface area contributed by atoms with Crippen molar-refractivity contribution in [3.05, 3.63) is 24.3 Å². The summed E-state index contributed by atoms with van der Waals surface area (Å²) in [4.78, 5) is 0. The van der Waals surface area contributed by atoms with Crippen LogP contribution in [0.1, 0.15) is 60.3 Å². The number of hydrogen-bond acceptors (Lipinski definition) is 2. The molecule has 1 aliphatic carbocycles. The van der Waals surface area contributed by atoms with E-state index in [0.717, 1.165) is 12.2 Å². The second-order valence-corrected chi connectivity index (χ2v) is 7.50. The molecule has 1 fully saturated rings. The van der Waals surface area contributed by atoms with Gasteiger partial charge in [0.05, 0.1) is 6.10 Å². The van der Waals surface area contributed by atoms with Crippen molar-refractivity contribution in [2.75, 3.05) is 5.32 Å². The van der Waals surface area contributed by atoms with Gasteiger partial charge in [-0.15, -0.1) is 0 Å². The number of hydrogen-bond donors (Lipinski definition) is 1. The molecule has 0 heterocycles. The van der Waals surface area contributed by atoms with E-state index in [1.54, 1.807) is 0 Å². The van der Waals surface area contributed by atoms with E-state index in [9.17, 15) is 0 Å². The smallest absolute Gasteiger partial charge is 0.121 e. The molecule has 3 unspecified atom stereocenters. The van der Waals surface area contributed by atoms with E-state index < -0.39 is 0 Å². The SMILES string of the molecule is CCC(C)Oc1cccc(NC2CCC(C)(C)CC2C)c1. The first-order chi connectivity index (χ1) is 9.89. The van der Waals surface area contributed by atoms with Gasteiger partial charge in [0.15, 0.2) is 0 Å². The van der Waals surface area contributed by atoms with Gasteiger partial charge in [-0.2, -0.15) is 0 Å². The molecule has 2 nitrogen and oxygen atoms in total. The maximum absolute atomic E-state index is 5.91. The summed E-state index contributed by atoms with van der Waals surface area (Å²) in [6.45, 7) is 11.4. The Bertz CT molecular complexity index is 455. The first-order valence-electron chi connectivity index (χ1n) is 8.43. The van der Waals surface area contributed by atoms with E-state index in [0.29, 0.717) is 17.4 Å². The second kappa shape index (κ2) is 6.72. The van der Waals surface area contributed by atoms with Crippen molar-refractivity contribution in [1.29, 1.82) is 0 Å². The van der Waals surface area contributed by atoms with Gasteiger partial charge in [0.1, 0.15) is 5.75 Å². The summed E-state index contributed by atoms with van der Waals surface area (Å²) >= 11 is 0. The zero-order valence-electron chi connectivity index (χ0n) is 14.3. The minimum Gasteiger partial charge on any atom is -0.491 e. The van der Waals surface area contributed by atoms with E-state index in [1.165, 1.54) is 24.9 Å². The first-order valence-corrected chi connectivity index (χ1v) is 8.43. The maximum atomic E-state index is 5.91. The summed E-state index contributed by atoms with van der Waals surface area (Å²) in [6.07, 6.45) is 5.16. The molecule has 0 spiro atoms. The molecule has 21 heavy (non-hydrogen) atoms. The summed E-state index contributed by atoms with van der Waals surface area (Å²) < 4.78 is 5.91. The van der Waals surface area contributed by atoms with Crippen molar-refractivity contribution < 1.29 is 4.74 Å². The normalized spacial score (nSPS) is 26.1. The molecule has 0 bridgehead atoms. The Morgan fingerprint density at radius 3 is 2.81 bits per heavy atom. The molecule has 0 radical (unpaired) electrons. The van der Waals surface area contributed by atoms with Crippen molar-refractivity contribution in [2.45, 2.75) is 72.4 Å². The molecule has 0 aliphatic heterocycles. The van der Waals surface area contributed by atoms with Crippen LogP contribution >= 0.6 is 0 Å². The fraction of sp³-hybridized carbons (Fsp3) is 0.684. The van der Waals surface area contributed by atoms with Gasteiger partial charge < -0.3 is 10.1 Å². The fourth-order valence-corrected chi connectivity index (χ4v) is 3.35. The van der Waals surface area contributed by atoms with Crippen LogP contribution in [0.4, 0.5) is 5.69 Å². The zero-order valence-corrected chi connectivity index (χ0v) is 14.3. The molecule has 2 rings (SSSR count). The highest BCUT2D eigenvalue weighted by atomic mass is 16.5. The first kappa shape index (κ1) is 16.2. The molecule has 0 amide bonds. The minimum atomic E-state index is 0.273. The largest absolute Gasteiger partial charge is 0.491 e. The van der Waals surface area contributed by atoms with Crippen LogP contribution in [0.15, 0.2) is 24.3 Å². The number of anilines is 1. The quantitative estimate of drug-likeness (QED) is 0.773. The number of nitrogens with one attached hydrogen (secondary N) is 1. The fourth-order valence-electron chi connectivity index (χ4n) is 3.35. The van der Waals surface area contributed by atoms with Crippen LogP contribution in [0.5, 0.6) is 5.75 Å². The average molecular weight is 289 g/mol. The Hall–Kier alpha value is -1.18. The number of ether oxygens (including phenoxy) is 1. The van der Waals surface area contributed by atoms with E-state index in [2.05, 4.69) is 58.1 Å². The third-order valence-electron chi connectivity index (χ3n) is 4.79. The second-order valence-electron chi connectivity index (χ2n) is 7.50. The molecule has 1 N–H and O–H groups in total. The summed E-state index contributed by atoms with van der Waals surface area (Å²) in [6, 6.07) is 8.99. The number of benzene rings is 1. The van der Waals surface area contributed by atoms with Crippen LogP contribution in [0.25, 0.3) is 0 Å². The third kappa shape index (κ3) is 4.66. The van der Waals surface area contributed by atoms with Crippen molar-refractivity contribution >= 4 is 5.69 Å². The Kier molecular flexibility index (Phi) is 5.18. The van der Waals surface area contributed by atoms with Gasteiger partial charge in [-0.25, -0.2) is 0 Å². The van der Waals surface area contributed by atoms with E-state index in [4.69, 9.17) is 4.74 Å². The van der Waals surface area contributed by atoms with Crippen LogP contribution in [0.2, 0.25) is 0 Å². The lowest BCUT2D eigenvalue weighted by atomic mass is 9.70. The van der Waals surface area contributed by atoms with E-state index >= 15 is 0 Å². The van der Waals surface area contributed by atoms with Crippen LogP contribution < -0.4 is 10.1 Å². The van der Waals surface area contributed by atoms with Gasteiger partial charge in [-0.05, 0) is 56.1 Å². The van der Waals surface area contributed by atoms with Crippen LogP contribution in [-0.2, 0) is 0 Å². The Labute approximate surface area is 130 Å². The van der Waals surface area contributed by atoms with Gasteiger partial charge in [0, 0.05) is 17.8 Å². The summed E-state index contributed by atoms with van der Waals surface area (Å²) in [7, 11) is 0. The Morgan fingerprint density at radius 1 is 1.38 bits per heavy atom. The highest BCUT2D eigenvalue weighted by Gasteiger charge is 2.32. The Balaban J connectivity index is 1.98. The Morgan fingerprint density at radius 2 is 2.14 bits per heavy atom. The van der Waals surface area contributed by atoms with Crippen LogP contribution in [-0.4, -0.2) is 12.1 Å². The summed E-state index contributed by atoms with van der Waals surface area (Å²) in [5, 5.41) is 3.72. The molecule has 3 atom stereocenters.